The van der Waals surface area contributed by atoms with Crippen molar-refractivity contribution < 1.29 is 18.0 Å². The molecule has 0 saturated heterocycles. The van der Waals surface area contributed by atoms with E-state index in [1.165, 1.54) is 41.1 Å². The number of pyridine rings is 1. The third-order valence-electron chi connectivity index (χ3n) is 3.92. The van der Waals surface area contributed by atoms with Crippen LogP contribution in [0.15, 0.2) is 77.7 Å². The normalized spacial score (nSPS) is 11.2. The van der Waals surface area contributed by atoms with E-state index in [1.807, 2.05) is 30.3 Å². The predicted molar refractivity (Wildman–Crippen MR) is 95.6 cm³/mol. The van der Waals surface area contributed by atoms with Crippen LogP contribution in [0.1, 0.15) is 21.5 Å². The Kier molecular flexibility index (Phi) is 5.12. The smallest absolute Gasteiger partial charge is 0.321 e. The molecule has 1 amide bonds. The maximum atomic E-state index is 13.1. The van der Waals surface area contributed by atoms with Crippen molar-refractivity contribution in [2.75, 3.05) is 5.32 Å². The molecule has 1 heterocycles. The van der Waals surface area contributed by atoms with Gasteiger partial charge in [-0.05, 0) is 23.8 Å². The minimum atomic E-state index is -4.59. The van der Waals surface area contributed by atoms with Gasteiger partial charge in [0, 0.05) is 12.3 Å². The molecule has 0 saturated carbocycles. The first-order chi connectivity index (χ1) is 12.8. The zero-order chi connectivity index (χ0) is 19.4. The molecule has 0 aliphatic rings. The van der Waals surface area contributed by atoms with Crippen LogP contribution in [-0.4, -0.2) is 10.5 Å². The highest BCUT2D eigenvalue weighted by Crippen LogP contribution is 2.34. The number of para-hydroxylation sites is 1. The van der Waals surface area contributed by atoms with Crippen LogP contribution in [0.5, 0.6) is 0 Å². The molecule has 1 N–H and O–H groups in total. The lowest BCUT2D eigenvalue weighted by atomic mass is 10.1. The number of alkyl halides is 3. The Hall–Kier alpha value is -3.35. The molecule has 0 fully saturated rings. The van der Waals surface area contributed by atoms with Crippen LogP contribution in [0.3, 0.4) is 0 Å². The topological polar surface area (TPSA) is 51.1 Å². The molecule has 4 nitrogen and oxygen atoms in total. The Morgan fingerprint density at radius 1 is 0.926 bits per heavy atom. The van der Waals surface area contributed by atoms with Gasteiger partial charge in [-0.3, -0.25) is 9.59 Å². The number of amides is 1. The van der Waals surface area contributed by atoms with Crippen molar-refractivity contribution in [1.29, 1.82) is 0 Å². The lowest BCUT2D eigenvalue weighted by Gasteiger charge is -2.14. The molecule has 138 valence electrons. The average Bonchev–Trinajstić information content (AvgIpc) is 2.64. The monoisotopic (exact) mass is 372 g/mol. The molecule has 2 aromatic carbocycles. The molecule has 1 aromatic heterocycles. The van der Waals surface area contributed by atoms with Crippen molar-refractivity contribution in [3.8, 4) is 0 Å². The molecule has 0 spiro atoms. The van der Waals surface area contributed by atoms with Crippen molar-refractivity contribution in [2.24, 2.45) is 0 Å². The van der Waals surface area contributed by atoms with E-state index in [0.29, 0.717) is 0 Å². The lowest BCUT2D eigenvalue weighted by Crippen LogP contribution is -2.23. The van der Waals surface area contributed by atoms with Crippen molar-refractivity contribution in [1.82, 2.24) is 4.57 Å². The third-order valence-corrected chi connectivity index (χ3v) is 3.92. The van der Waals surface area contributed by atoms with E-state index in [2.05, 4.69) is 5.32 Å². The second-order valence-electron chi connectivity index (χ2n) is 5.87. The van der Waals surface area contributed by atoms with E-state index in [0.717, 1.165) is 11.6 Å². The van der Waals surface area contributed by atoms with Crippen LogP contribution in [0.25, 0.3) is 0 Å². The highest BCUT2D eigenvalue weighted by Gasteiger charge is 2.33. The molecule has 0 radical (unpaired) electrons. The Morgan fingerprint density at radius 2 is 1.59 bits per heavy atom. The molecule has 3 rings (SSSR count). The summed E-state index contributed by atoms with van der Waals surface area (Å²) in [6.45, 7) is 0.250. The van der Waals surface area contributed by atoms with Gasteiger partial charge in [-0.15, -0.1) is 0 Å². The Morgan fingerprint density at radius 3 is 2.30 bits per heavy atom. The predicted octanol–water partition coefficient (Wildman–Crippen LogP) is 4.17. The fourth-order valence-electron chi connectivity index (χ4n) is 2.60. The van der Waals surface area contributed by atoms with Crippen LogP contribution >= 0.6 is 0 Å². The maximum absolute atomic E-state index is 13.1. The van der Waals surface area contributed by atoms with Gasteiger partial charge in [-0.25, -0.2) is 0 Å². The molecule has 7 heteroatoms. The van der Waals surface area contributed by atoms with Gasteiger partial charge >= 0.3 is 6.18 Å². The third kappa shape index (κ3) is 4.44. The summed E-state index contributed by atoms with van der Waals surface area (Å²) in [6.07, 6.45) is -3.25. The summed E-state index contributed by atoms with van der Waals surface area (Å²) in [4.78, 5) is 24.4. The minimum Gasteiger partial charge on any atom is -0.321 e. The summed E-state index contributed by atoms with van der Waals surface area (Å²) in [5.74, 6) is -0.728. The zero-order valence-corrected chi connectivity index (χ0v) is 14.0. The number of benzene rings is 2. The number of carbonyl (C=O) groups is 1. The van der Waals surface area contributed by atoms with Crippen molar-refractivity contribution in [3.63, 3.8) is 0 Å². The number of halogens is 3. The van der Waals surface area contributed by atoms with Crippen molar-refractivity contribution in [2.45, 2.75) is 12.7 Å². The average molecular weight is 372 g/mol. The summed E-state index contributed by atoms with van der Waals surface area (Å²) in [5, 5.41) is 2.27. The molecule has 27 heavy (non-hydrogen) atoms. The van der Waals surface area contributed by atoms with E-state index in [9.17, 15) is 22.8 Å². The molecule has 0 aliphatic carbocycles. The Balaban J connectivity index is 1.86. The second-order valence-corrected chi connectivity index (χ2v) is 5.87. The molecular formula is C20H15F3N2O2. The molecule has 0 unspecified atom stereocenters. The van der Waals surface area contributed by atoms with Crippen LogP contribution in [0, 0.1) is 0 Å². The first kappa shape index (κ1) is 18.4. The zero-order valence-electron chi connectivity index (χ0n) is 14.0. The van der Waals surface area contributed by atoms with E-state index < -0.39 is 17.6 Å². The quantitative estimate of drug-likeness (QED) is 0.747. The van der Waals surface area contributed by atoms with E-state index >= 15 is 0 Å². The molecule has 0 aliphatic heterocycles. The minimum absolute atomic E-state index is 0.0857. The van der Waals surface area contributed by atoms with Gasteiger partial charge in [-0.1, -0.05) is 42.5 Å². The van der Waals surface area contributed by atoms with Gasteiger partial charge in [-0.2, -0.15) is 13.2 Å². The summed E-state index contributed by atoms with van der Waals surface area (Å²) < 4.78 is 40.5. The number of anilines is 1. The highest BCUT2D eigenvalue weighted by molar-refractivity contribution is 6.04. The number of aromatic nitrogens is 1. The van der Waals surface area contributed by atoms with Gasteiger partial charge in [0.1, 0.15) is 0 Å². The highest BCUT2D eigenvalue weighted by atomic mass is 19.4. The van der Waals surface area contributed by atoms with Crippen LogP contribution < -0.4 is 10.9 Å². The molecule has 0 atom stereocenters. The van der Waals surface area contributed by atoms with Gasteiger partial charge in [0.25, 0.3) is 11.5 Å². The molecular weight excluding hydrogens is 357 g/mol. The largest absolute Gasteiger partial charge is 0.418 e. The van der Waals surface area contributed by atoms with Gasteiger partial charge in [0.15, 0.2) is 0 Å². The molecule has 3 aromatic rings. The fraction of sp³-hybridized carbons (Fsp3) is 0.100. The maximum Gasteiger partial charge on any atom is 0.418 e. The van der Waals surface area contributed by atoms with Gasteiger partial charge < -0.3 is 9.88 Å². The summed E-state index contributed by atoms with van der Waals surface area (Å²) in [6, 6.07) is 16.4. The number of hydrogen-bond donors (Lipinski definition) is 1. The van der Waals surface area contributed by atoms with E-state index in [1.54, 1.807) is 0 Å². The number of rotatable bonds is 4. The molecule has 0 bridgehead atoms. The van der Waals surface area contributed by atoms with Crippen LogP contribution in [-0.2, 0) is 12.7 Å². The second kappa shape index (κ2) is 7.49. The Labute approximate surface area is 152 Å². The first-order valence-electron chi connectivity index (χ1n) is 8.06. The summed E-state index contributed by atoms with van der Waals surface area (Å²) in [5.41, 5.74) is -0.639. The number of nitrogens with one attached hydrogen (secondary N) is 1. The number of nitrogens with zero attached hydrogens (tertiary/aromatic N) is 1. The van der Waals surface area contributed by atoms with Crippen LogP contribution in [0.2, 0.25) is 0 Å². The van der Waals surface area contributed by atoms with Gasteiger partial charge in [0.05, 0.1) is 23.4 Å². The number of hydrogen-bond acceptors (Lipinski definition) is 2. The Bertz CT molecular complexity index is 1010. The lowest BCUT2D eigenvalue weighted by molar-refractivity contribution is -0.136. The van der Waals surface area contributed by atoms with Crippen molar-refractivity contribution >= 4 is 11.6 Å². The summed E-state index contributed by atoms with van der Waals surface area (Å²) >= 11 is 0. The summed E-state index contributed by atoms with van der Waals surface area (Å²) in [7, 11) is 0. The fourth-order valence-corrected chi connectivity index (χ4v) is 2.60. The van der Waals surface area contributed by atoms with Crippen LogP contribution in [0.4, 0.5) is 18.9 Å². The van der Waals surface area contributed by atoms with Crippen molar-refractivity contribution in [3.05, 3.63) is 100.0 Å². The van der Waals surface area contributed by atoms with E-state index in [-0.39, 0.29) is 23.4 Å². The first-order valence-corrected chi connectivity index (χ1v) is 8.06. The number of carbonyl (C=O) groups excluding carboxylic acids is 1. The standard InChI is InChI=1S/C20H15F3N2O2/c21-20(22,23)16-8-4-5-9-17(16)24-19(27)15-10-11-18(26)25(13-15)12-14-6-2-1-3-7-14/h1-11,13H,12H2,(H,24,27). The van der Waals surface area contributed by atoms with Gasteiger partial charge in [0.2, 0.25) is 0 Å². The SMILES string of the molecule is O=C(Nc1ccccc1C(F)(F)F)c1ccc(=O)n(Cc2ccccc2)c1. The van der Waals surface area contributed by atoms with E-state index in [4.69, 9.17) is 0 Å².